The molecule has 0 spiro atoms. The summed E-state index contributed by atoms with van der Waals surface area (Å²) in [5, 5.41) is 12.5. The second-order valence-electron chi connectivity index (χ2n) is 4.63. The molecule has 3 aromatic rings. The Labute approximate surface area is 141 Å². The average molecular weight is 424 g/mol. The van der Waals surface area contributed by atoms with Gasteiger partial charge in [0.15, 0.2) is 0 Å². The molecule has 0 aliphatic rings. The maximum absolute atomic E-state index is 11.4. The Bertz CT molecular complexity index is 934. The summed E-state index contributed by atoms with van der Waals surface area (Å²) >= 11 is 6.79. The fraction of sp³-hybridized carbons (Fsp3) is 0. The number of halogens is 2. The largest absolute Gasteiger partial charge is 0.478 e. The second kappa shape index (κ2) is 5.70. The van der Waals surface area contributed by atoms with Crippen LogP contribution >= 0.6 is 31.9 Å². The van der Waals surface area contributed by atoms with Crippen molar-refractivity contribution in [3.8, 4) is 5.75 Å². The lowest BCUT2D eigenvalue weighted by molar-refractivity contribution is -0.120. The Kier molecular flexibility index (Phi) is 3.88. The third-order valence-electron chi connectivity index (χ3n) is 3.37. The molecule has 0 aromatic heterocycles. The van der Waals surface area contributed by atoms with Gasteiger partial charge in [0, 0.05) is 8.95 Å². The standard InChI is InChI=1S/C16H8Br2O4/c17-8-3-12-10(14(4-8)16(20)21)1-2-11-13(12)5-9(22-7-19)6-15(11)18/h1-7H,(H,20,21). The lowest BCUT2D eigenvalue weighted by atomic mass is 9.98. The van der Waals surface area contributed by atoms with Crippen molar-refractivity contribution in [3.63, 3.8) is 0 Å². The minimum Gasteiger partial charge on any atom is -0.478 e. The van der Waals surface area contributed by atoms with Gasteiger partial charge < -0.3 is 9.84 Å². The molecule has 3 rings (SSSR count). The minimum absolute atomic E-state index is 0.212. The highest BCUT2D eigenvalue weighted by molar-refractivity contribution is 9.11. The second-order valence-corrected chi connectivity index (χ2v) is 6.40. The molecule has 4 nitrogen and oxygen atoms in total. The van der Waals surface area contributed by atoms with Gasteiger partial charge in [-0.25, -0.2) is 4.79 Å². The monoisotopic (exact) mass is 422 g/mol. The third kappa shape index (κ3) is 2.48. The lowest BCUT2D eigenvalue weighted by Gasteiger charge is -2.10. The summed E-state index contributed by atoms with van der Waals surface area (Å²) in [5.41, 5.74) is 0.212. The Hall–Kier alpha value is -1.92. The molecule has 0 radical (unpaired) electrons. The molecule has 0 heterocycles. The van der Waals surface area contributed by atoms with E-state index < -0.39 is 5.97 Å². The zero-order valence-corrected chi connectivity index (χ0v) is 14.1. The van der Waals surface area contributed by atoms with E-state index in [0.29, 0.717) is 22.1 Å². The van der Waals surface area contributed by atoms with Crippen molar-refractivity contribution < 1.29 is 19.4 Å². The molecule has 1 N–H and O–H groups in total. The van der Waals surface area contributed by atoms with Gasteiger partial charge in [-0.15, -0.1) is 0 Å². The first-order valence-electron chi connectivity index (χ1n) is 6.20. The third-order valence-corrected chi connectivity index (χ3v) is 4.48. The van der Waals surface area contributed by atoms with E-state index in [0.717, 1.165) is 20.6 Å². The number of hydrogen-bond donors (Lipinski definition) is 1. The van der Waals surface area contributed by atoms with E-state index in [1.165, 1.54) is 0 Å². The molecule has 0 fully saturated rings. The maximum atomic E-state index is 11.4. The predicted octanol–water partition coefficient (Wildman–Crippen LogP) is 4.75. The Morgan fingerprint density at radius 2 is 1.68 bits per heavy atom. The molecule has 0 saturated heterocycles. The topological polar surface area (TPSA) is 63.6 Å². The molecule has 0 unspecified atom stereocenters. The van der Waals surface area contributed by atoms with E-state index in [1.54, 1.807) is 24.3 Å². The number of carboxylic acid groups (broad SMARTS) is 1. The van der Waals surface area contributed by atoms with Gasteiger partial charge >= 0.3 is 5.97 Å². The van der Waals surface area contributed by atoms with Crippen molar-refractivity contribution in [2.45, 2.75) is 0 Å². The molecular formula is C16H8Br2O4. The summed E-state index contributed by atoms with van der Waals surface area (Å²) in [7, 11) is 0. The highest BCUT2D eigenvalue weighted by Gasteiger charge is 2.14. The van der Waals surface area contributed by atoms with Crippen molar-refractivity contribution in [1.29, 1.82) is 0 Å². The van der Waals surface area contributed by atoms with Gasteiger partial charge in [-0.1, -0.05) is 44.0 Å². The molecule has 0 saturated carbocycles. The maximum Gasteiger partial charge on any atom is 0.336 e. The lowest BCUT2D eigenvalue weighted by Crippen LogP contribution is -1.98. The van der Waals surface area contributed by atoms with Gasteiger partial charge in [0.2, 0.25) is 0 Å². The van der Waals surface area contributed by atoms with Crippen LogP contribution in [0.15, 0.2) is 45.3 Å². The van der Waals surface area contributed by atoms with Crippen LogP contribution in [0.4, 0.5) is 0 Å². The van der Waals surface area contributed by atoms with E-state index in [-0.39, 0.29) is 5.56 Å². The van der Waals surface area contributed by atoms with Crippen LogP contribution in [0.2, 0.25) is 0 Å². The number of carbonyl (C=O) groups is 2. The number of ether oxygens (including phenoxy) is 1. The average Bonchev–Trinajstić information content (AvgIpc) is 2.46. The van der Waals surface area contributed by atoms with Crippen LogP contribution in [0.1, 0.15) is 10.4 Å². The quantitative estimate of drug-likeness (QED) is 0.487. The number of hydrogen-bond acceptors (Lipinski definition) is 3. The SMILES string of the molecule is O=COc1cc(Br)c2ccc3c(C(=O)O)cc(Br)cc3c2c1. The molecule has 0 aliphatic carbocycles. The highest BCUT2D eigenvalue weighted by Crippen LogP contribution is 2.36. The molecule has 6 heteroatoms. The smallest absolute Gasteiger partial charge is 0.336 e. The van der Waals surface area contributed by atoms with E-state index >= 15 is 0 Å². The van der Waals surface area contributed by atoms with E-state index in [4.69, 9.17) is 4.74 Å². The number of fused-ring (bicyclic) bond motifs is 3. The predicted molar refractivity (Wildman–Crippen MR) is 90.5 cm³/mol. The Morgan fingerprint density at radius 1 is 1.00 bits per heavy atom. The van der Waals surface area contributed by atoms with E-state index in [2.05, 4.69) is 31.9 Å². The fourth-order valence-electron chi connectivity index (χ4n) is 2.47. The first-order chi connectivity index (χ1) is 10.5. The summed E-state index contributed by atoms with van der Waals surface area (Å²) in [6, 6.07) is 10.4. The number of benzene rings is 3. The van der Waals surface area contributed by atoms with Crippen LogP contribution in [0.5, 0.6) is 5.75 Å². The molecule has 0 aliphatic heterocycles. The van der Waals surface area contributed by atoms with Crippen molar-refractivity contribution in [2.75, 3.05) is 0 Å². The molecule has 22 heavy (non-hydrogen) atoms. The van der Waals surface area contributed by atoms with Gasteiger partial charge in [-0.05, 0) is 45.8 Å². The van der Waals surface area contributed by atoms with Crippen LogP contribution in [0, 0.1) is 0 Å². The van der Waals surface area contributed by atoms with Crippen molar-refractivity contribution in [2.24, 2.45) is 0 Å². The van der Waals surface area contributed by atoms with Crippen molar-refractivity contribution in [3.05, 3.63) is 50.9 Å². The van der Waals surface area contributed by atoms with Gasteiger partial charge in [0.1, 0.15) is 5.75 Å². The van der Waals surface area contributed by atoms with E-state index in [9.17, 15) is 14.7 Å². The summed E-state index contributed by atoms with van der Waals surface area (Å²) in [6.45, 7) is 0.358. The number of carboxylic acids is 1. The molecule has 0 amide bonds. The summed E-state index contributed by atoms with van der Waals surface area (Å²) < 4.78 is 6.35. The van der Waals surface area contributed by atoms with Gasteiger partial charge in [-0.2, -0.15) is 0 Å². The van der Waals surface area contributed by atoms with Crippen molar-refractivity contribution in [1.82, 2.24) is 0 Å². The van der Waals surface area contributed by atoms with Gasteiger partial charge in [-0.3, -0.25) is 4.79 Å². The van der Waals surface area contributed by atoms with Gasteiger partial charge in [0.05, 0.1) is 5.56 Å². The Balaban J connectivity index is 2.48. The molecular weight excluding hydrogens is 416 g/mol. The zero-order chi connectivity index (χ0) is 15.9. The van der Waals surface area contributed by atoms with Gasteiger partial charge in [0.25, 0.3) is 6.47 Å². The number of aromatic carboxylic acids is 1. The molecule has 3 aromatic carbocycles. The summed E-state index contributed by atoms with van der Waals surface area (Å²) in [4.78, 5) is 22.0. The minimum atomic E-state index is -0.995. The van der Waals surface area contributed by atoms with Crippen LogP contribution in [0.3, 0.4) is 0 Å². The zero-order valence-electron chi connectivity index (χ0n) is 11.0. The number of rotatable bonds is 3. The molecule has 0 atom stereocenters. The highest BCUT2D eigenvalue weighted by atomic mass is 79.9. The fourth-order valence-corrected chi connectivity index (χ4v) is 3.50. The van der Waals surface area contributed by atoms with E-state index in [1.807, 2.05) is 12.1 Å². The summed E-state index contributed by atoms with van der Waals surface area (Å²) in [5.74, 6) is -0.608. The van der Waals surface area contributed by atoms with Crippen LogP contribution in [-0.4, -0.2) is 17.5 Å². The first kappa shape index (κ1) is 15.0. The Morgan fingerprint density at radius 3 is 2.36 bits per heavy atom. The molecule has 110 valence electrons. The number of carbonyl (C=O) groups excluding carboxylic acids is 1. The van der Waals surface area contributed by atoms with Crippen LogP contribution < -0.4 is 4.74 Å². The normalized spacial score (nSPS) is 10.8. The summed E-state index contributed by atoms with van der Waals surface area (Å²) in [6.07, 6.45) is 0. The molecule has 0 bridgehead atoms. The van der Waals surface area contributed by atoms with Crippen LogP contribution in [0.25, 0.3) is 21.5 Å². The van der Waals surface area contributed by atoms with Crippen LogP contribution in [-0.2, 0) is 4.79 Å². The first-order valence-corrected chi connectivity index (χ1v) is 7.79. The van der Waals surface area contributed by atoms with Crippen molar-refractivity contribution >= 4 is 65.8 Å².